The topological polar surface area (TPSA) is 90.3 Å². The minimum Gasteiger partial charge on any atom is -0.462 e. The number of aryl methyl sites for hydroxylation is 1. The van der Waals surface area contributed by atoms with Crippen molar-refractivity contribution >= 4 is 28.6 Å². The number of fused-ring (bicyclic) bond motifs is 1. The summed E-state index contributed by atoms with van der Waals surface area (Å²) >= 11 is 0. The Hall–Kier alpha value is -4.19. The number of hydrogen-bond donors (Lipinski definition) is 2. The van der Waals surface area contributed by atoms with Crippen LogP contribution in [0.15, 0.2) is 54.7 Å². The Balaban J connectivity index is 1.29. The molecule has 0 radical (unpaired) electrons. The Morgan fingerprint density at radius 3 is 2.64 bits per heavy atom. The molecule has 2 N–H and O–H groups in total. The summed E-state index contributed by atoms with van der Waals surface area (Å²) in [6, 6.07) is 10.5. The highest BCUT2D eigenvalue weighted by Gasteiger charge is 2.31. The number of esters is 1. The molecule has 12 heteroatoms. The van der Waals surface area contributed by atoms with E-state index in [-0.39, 0.29) is 30.1 Å². The Labute approximate surface area is 221 Å². The average molecular weight is 544 g/mol. The Morgan fingerprint density at radius 2 is 1.87 bits per heavy atom. The molecule has 1 aliphatic heterocycles. The van der Waals surface area contributed by atoms with E-state index < -0.39 is 17.6 Å². The van der Waals surface area contributed by atoms with E-state index in [1.165, 1.54) is 6.20 Å². The average Bonchev–Trinajstić information content (AvgIpc) is 3.19. The smallest absolute Gasteiger partial charge is 0.416 e. The molecule has 0 spiro atoms. The van der Waals surface area contributed by atoms with Gasteiger partial charge in [0.15, 0.2) is 0 Å². The van der Waals surface area contributed by atoms with E-state index in [0.29, 0.717) is 40.4 Å². The second kappa shape index (κ2) is 10.9. The van der Waals surface area contributed by atoms with E-state index in [2.05, 4.69) is 20.6 Å². The summed E-state index contributed by atoms with van der Waals surface area (Å²) < 4.78 is 66.5. The lowest BCUT2D eigenvalue weighted by Crippen LogP contribution is -2.34. The number of halogens is 4. The Morgan fingerprint density at radius 1 is 1.10 bits per heavy atom. The summed E-state index contributed by atoms with van der Waals surface area (Å²) in [6.45, 7) is 1.64. The van der Waals surface area contributed by atoms with E-state index in [1.807, 2.05) is 0 Å². The molecular weight excluding hydrogens is 518 g/mol. The molecule has 1 aliphatic rings. The van der Waals surface area contributed by atoms with Gasteiger partial charge in [-0.15, -0.1) is 0 Å². The van der Waals surface area contributed by atoms with Crippen LogP contribution >= 0.6 is 0 Å². The third kappa shape index (κ3) is 6.28. The van der Waals surface area contributed by atoms with Crippen LogP contribution in [0.25, 0.3) is 11.0 Å². The molecule has 1 saturated heterocycles. The van der Waals surface area contributed by atoms with Gasteiger partial charge in [0.05, 0.1) is 34.4 Å². The van der Waals surface area contributed by atoms with Crippen LogP contribution in [0.5, 0.6) is 11.5 Å². The molecule has 5 rings (SSSR count). The quantitative estimate of drug-likeness (QED) is 0.235. The van der Waals surface area contributed by atoms with Crippen molar-refractivity contribution < 1.29 is 31.8 Å². The van der Waals surface area contributed by atoms with E-state index in [1.54, 1.807) is 41.9 Å². The standard InChI is InChI=1S/C27H25F4N5O3/c1-36-24-5-3-19(15-23(24)35-26(36)34-22-12-16(27(29,30)31)2-4-21(22)28)38-20-8-11-33-17(13-20)14-25(37)39-18-6-9-32-10-7-18/h2-5,8,11-13,15,18,32H,6-7,9-10,14H2,1H3,(H,34,35). The normalized spacial score (nSPS) is 14.4. The zero-order chi connectivity index (χ0) is 27.6. The molecule has 8 nitrogen and oxygen atoms in total. The fourth-order valence-corrected chi connectivity index (χ4v) is 4.31. The van der Waals surface area contributed by atoms with Crippen LogP contribution in [0.4, 0.5) is 29.2 Å². The third-order valence-corrected chi connectivity index (χ3v) is 6.33. The number of imidazole rings is 1. The van der Waals surface area contributed by atoms with Crippen LogP contribution in [0.3, 0.4) is 0 Å². The van der Waals surface area contributed by atoms with Gasteiger partial charge >= 0.3 is 12.1 Å². The molecule has 4 aromatic rings. The lowest BCUT2D eigenvalue weighted by Gasteiger charge is -2.22. The van der Waals surface area contributed by atoms with Crippen LogP contribution in [-0.2, 0) is 29.2 Å². The largest absolute Gasteiger partial charge is 0.462 e. The molecule has 2 aromatic carbocycles. The van der Waals surface area contributed by atoms with Crippen LogP contribution < -0.4 is 15.4 Å². The number of benzene rings is 2. The maximum atomic E-state index is 14.2. The van der Waals surface area contributed by atoms with Crippen LogP contribution in [-0.4, -0.2) is 39.7 Å². The SMILES string of the molecule is Cn1c(Nc2cc(C(F)(F)F)ccc2F)nc2cc(Oc3ccnc(CC(=O)OC4CCNCC4)c3)ccc21. The van der Waals surface area contributed by atoms with Crippen molar-refractivity contribution in [3.63, 3.8) is 0 Å². The second-order valence-electron chi connectivity index (χ2n) is 9.16. The van der Waals surface area contributed by atoms with Gasteiger partial charge in [-0.1, -0.05) is 0 Å². The summed E-state index contributed by atoms with van der Waals surface area (Å²) in [5.41, 5.74) is 0.304. The predicted molar refractivity (Wildman–Crippen MR) is 135 cm³/mol. The number of anilines is 2. The van der Waals surface area contributed by atoms with Crippen LogP contribution in [0, 0.1) is 5.82 Å². The van der Waals surface area contributed by atoms with E-state index in [9.17, 15) is 22.4 Å². The minimum atomic E-state index is -4.61. The molecule has 0 amide bonds. The van der Waals surface area contributed by atoms with Gasteiger partial charge in [0, 0.05) is 25.4 Å². The van der Waals surface area contributed by atoms with Gasteiger partial charge in [-0.05, 0) is 62.3 Å². The zero-order valence-corrected chi connectivity index (χ0v) is 20.9. The number of pyridine rings is 1. The van der Waals surface area contributed by atoms with Crippen molar-refractivity contribution in [3.05, 3.63) is 71.8 Å². The molecule has 39 heavy (non-hydrogen) atoms. The van der Waals surface area contributed by atoms with E-state index in [4.69, 9.17) is 9.47 Å². The number of aromatic nitrogens is 3. The van der Waals surface area contributed by atoms with Crippen molar-refractivity contribution in [3.8, 4) is 11.5 Å². The number of nitrogens with zero attached hydrogens (tertiary/aromatic N) is 3. The molecule has 0 atom stereocenters. The van der Waals surface area contributed by atoms with Crippen molar-refractivity contribution in [2.75, 3.05) is 18.4 Å². The van der Waals surface area contributed by atoms with Crippen molar-refractivity contribution in [1.82, 2.24) is 19.9 Å². The molecule has 204 valence electrons. The van der Waals surface area contributed by atoms with Gasteiger partial charge in [0.25, 0.3) is 0 Å². The van der Waals surface area contributed by atoms with Gasteiger partial charge in [0.1, 0.15) is 23.4 Å². The lowest BCUT2D eigenvalue weighted by atomic mass is 10.1. The number of ether oxygens (including phenoxy) is 2. The first-order chi connectivity index (χ1) is 18.7. The lowest BCUT2D eigenvalue weighted by molar-refractivity contribution is -0.149. The highest BCUT2D eigenvalue weighted by atomic mass is 19.4. The zero-order valence-electron chi connectivity index (χ0n) is 20.9. The molecule has 2 aromatic heterocycles. The first-order valence-electron chi connectivity index (χ1n) is 12.3. The minimum absolute atomic E-state index is 0.0154. The Bertz CT molecular complexity index is 1500. The first-order valence-corrected chi connectivity index (χ1v) is 12.3. The molecule has 1 fully saturated rings. The summed E-state index contributed by atoms with van der Waals surface area (Å²) in [6.07, 6.45) is -1.58. The number of nitrogens with one attached hydrogen (secondary N) is 2. The van der Waals surface area contributed by atoms with Gasteiger partial charge in [0.2, 0.25) is 5.95 Å². The van der Waals surface area contributed by atoms with Gasteiger partial charge < -0.3 is 24.7 Å². The van der Waals surface area contributed by atoms with E-state index >= 15 is 0 Å². The number of piperidine rings is 1. The maximum Gasteiger partial charge on any atom is 0.416 e. The van der Waals surface area contributed by atoms with Crippen molar-refractivity contribution in [2.45, 2.75) is 31.5 Å². The predicted octanol–water partition coefficient (Wildman–Crippen LogP) is 5.50. The molecular formula is C27H25F4N5O3. The maximum absolute atomic E-state index is 14.2. The van der Waals surface area contributed by atoms with Gasteiger partial charge in [-0.2, -0.15) is 13.2 Å². The van der Waals surface area contributed by atoms with Crippen LogP contribution in [0.1, 0.15) is 24.1 Å². The molecule has 0 aliphatic carbocycles. The first kappa shape index (κ1) is 26.4. The summed E-state index contributed by atoms with van der Waals surface area (Å²) in [5, 5.41) is 5.87. The second-order valence-corrected chi connectivity index (χ2v) is 9.16. The fraction of sp³-hybridized carbons (Fsp3) is 0.296. The summed E-state index contributed by atoms with van der Waals surface area (Å²) in [7, 11) is 1.65. The monoisotopic (exact) mass is 543 g/mol. The number of rotatable bonds is 7. The molecule has 3 heterocycles. The van der Waals surface area contributed by atoms with Crippen molar-refractivity contribution in [1.29, 1.82) is 0 Å². The van der Waals surface area contributed by atoms with Gasteiger partial charge in [-0.25, -0.2) is 9.37 Å². The third-order valence-electron chi connectivity index (χ3n) is 6.33. The highest BCUT2D eigenvalue weighted by Crippen LogP contribution is 2.33. The fourth-order valence-electron chi connectivity index (χ4n) is 4.31. The van der Waals surface area contributed by atoms with Crippen molar-refractivity contribution in [2.24, 2.45) is 7.05 Å². The van der Waals surface area contributed by atoms with E-state index in [0.717, 1.165) is 32.0 Å². The van der Waals surface area contributed by atoms with Gasteiger partial charge in [-0.3, -0.25) is 9.78 Å². The number of carbonyl (C=O) groups is 1. The number of carbonyl (C=O) groups excluding carboxylic acids is 1. The number of hydrogen-bond acceptors (Lipinski definition) is 7. The summed E-state index contributed by atoms with van der Waals surface area (Å²) in [5.74, 6) is -0.147. The molecule has 0 bridgehead atoms. The molecule has 0 unspecified atom stereocenters. The highest BCUT2D eigenvalue weighted by molar-refractivity contribution is 5.81. The van der Waals surface area contributed by atoms with Crippen LogP contribution in [0.2, 0.25) is 0 Å². The Kier molecular flexibility index (Phi) is 7.38. The molecule has 0 saturated carbocycles. The summed E-state index contributed by atoms with van der Waals surface area (Å²) in [4.78, 5) is 21.0. The number of alkyl halides is 3.